The van der Waals surface area contributed by atoms with Crippen LogP contribution in [-0.4, -0.2) is 35.5 Å². The molecule has 1 aliphatic carbocycles. The molecular weight excluding hydrogens is 360 g/mol. The average Bonchev–Trinajstić information content (AvgIpc) is 2.80. The predicted molar refractivity (Wildman–Crippen MR) is 117 cm³/mol. The lowest BCUT2D eigenvalue weighted by molar-refractivity contribution is -0.122. The molecule has 0 saturated carbocycles. The highest BCUT2D eigenvalue weighted by atomic mass is 16.2. The molecule has 0 radical (unpaired) electrons. The zero-order chi connectivity index (χ0) is 20.2. The molecule has 5 nitrogen and oxygen atoms in total. The molecule has 1 fully saturated rings. The van der Waals surface area contributed by atoms with E-state index in [1.807, 2.05) is 11.1 Å². The van der Waals surface area contributed by atoms with Gasteiger partial charge in [-0.2, -0.15) is 0 Å². The first-order chi connectivity index (χ1) is 14.2. The lowest BCUT2D eigenvalue weighted by atomic mass is 9.86. The van der Waals surface area contributed by atoms with Crippen molar-refractivity contribution in [3.8, 4) is 0 Å². The van der Waals surface area contributed by atoms with Gasteiger partial charge in [-0.05, 0) is 75.1 Å². The molecule has 4 rings (SSSR count). The molecule has 0 bridgehead atoms. The lowest BCUT2D eigenvalue weighted by Crippen LogP contribution is -2.39. The van der Waals surface area contributed by atoms with E-state index in [0.717, 1.165) is 61.7 Å². The summed E-state index contributed by atoms with van der Waals surface area (Å²) in [6.45, 7) is 7.01. The third-order valence-electron chi connectivity index (χ3n) is 6.36. The van der Waals surface area contributed by atoms with E-state index in [0.29, 0.717) is 6.54 Å². The second kappa shape index (κ2) is 8.93. The van der Waals surface area contributed by atoms with Gasteiger partial charge in [0.15, 0.2) is 0 Å². The largest absolute Gasteiger partial charge is 0.341 e. The molecule has 1 aromatic carbocycles. The Morgan fingerprint density at radius 3 is 2.59 bits per heavy atom. The molecule has 5 heteroatoms. The van der Waals surface area contributed by atoms with E-state index < -0.39 is 0 Å². The molecule has 154 valence electrons. The maximum Gasteiger partial charge on any atom is 0.230 e. The standard InChI is InChI=1S/C24H32N4O/c1-3-18-8-11-21(12-9-18)28(4-2)23(29)19-10-13-22-20(16-19)17-25-24(26-22)27-14-6-5-7-15-27/h8-9,11-12,17,19H,3-7,10,13-16H2,1-2H3/t19-/m1/s1. The number of amides is 1. The van der Waals surface area contributed by atoms with E-state index in [1.54, 1.807) is 0 Å². The van der Waals surface area contributed by atoms with Crippen LogP contribution < -0.4 is 9.80 Å². The van der Waals surface area contributed by atoms with Gasteiger partial charge in [0.25, 0.3) is 0 Å². The quantitative estimate of drug-likeness (QED) is 0.766. The number of carbonyl (C=O) groups is 1. The molecule has 0 unspecified atom stereocenters. The summed E-state index contributed by atoms with van der Waals surface area (Å²) in [7, 11) is 0. The van der Waals surface area contributed by atoms with Gasteiger partial charge in [-0.1, -0.05) is 19.1 Å². The van der Waals surface area contributed by atoms with Crippen molar-refractivity contribution in [1.29, 1.82) is 0 Å². The van der Waals surface area contributed by atoms with Crippen molar-refractivity contribution in [3.63, 3.8) is 0 Å². The number of rotatable bonds is 5. The normalized spacial score (nSPS) is 19.0. The monoisotopic (exact) mass is 392 g/mol. The number of fused-ring (bicyclic) bond motifs is 1. The molecule has 2 aromatic rings. The molecular formula is C24H32N4O. The Morgan fingerprint density at radius 2 is 1.90 bits per heavy atom. The van der Waals surface area contributed by atoms with E-state index in [2.05, 4.69) is 48.0 Å². The van der Waals surface area contributed by atoms with E-state index in [4.69, 9.17) is 4.98 Å². The van der Waals surface area contributed by atoms with Gasteiger partial charge in [0, 0.05) is 43.1 Å². The van der Waals surface area contributed by atoms with Gasteiger partial charge in [-0.25, -0.2) is 9.97 Å². The fraction of sp³-hybridized carbons (Fsp3) is 0.542. The van der Waals surface area contributed by atoms with Crippen LogP contribution in [0.3, 0.4) is 0 Å². The molecule has 2 aliphatic rings. The number of hydrogen-bond donors (Lipinski definition) is 0. The van der Waals surface area contributed by atoms with Crippen LogP contribution in [0.25, 0.3) is 0 Å². The first kappa shape index (κ1) is 19.9. The van der Waals surface area contributed by atoms with E-state index in [1.165, 1.54) is 24.8 Å². The number of aromatic nitrogens is 2. The van der Waals surface area contributed by atoms with Crippen molar-refractivity contribution in [2.75, 3.05) is 29.4 Å². The van der Waals surface area contributed by atoms with Crippen LogP contribution in [0.15, 0.2) is 30.5 Å². The Balaban J connectivity index is 1.47. The van der Waals surface area contributed by atoms with Crippen LogP contribution in [0.1, 0.15) is 56.4 Å². The summed E-state index contributed by atoms with van der Waals surface area (Å²) in [6, 6.07) is 8.39. The highest BCUT2D eigenvalue weighted by molar-refractivity contribution is 5.95. The van der Waals surface area contributed by atoms with E-state index in [-0.39, 0.29) is 11.8 Å². The Morgan fingerprint density at radius 1 is 1.14 bits per heavy atom. The maximum absolute atomic E-state index is 13.3. The molecule has 0 N–H and O–H groups in total. The van der Waals surface area contributed by atoms with Gasteiger partial charge in [0.2, 0.25) is 11.9 Å². The summed E-state index contributed by atoms with van der Waals surface area (Å²) >= 11 is 0. The summed E-state index contributed by atoms with van der Waals surface area (Å²) in [4.78, 5) is 27.0. The molecule has 29 heavy (non-hydrogen) atoms. The number of anilines is 2. The third-order valence-corrected chi connectivity index (χ3v) is 6.36. The van der Waals surface area contributed by atoms with Crippen molar-refractivity contribution < 1.29 is 4.79 Å². The van der Waals surface area contributed by atoms with Gasteiger partial charge in [-0.15, -0.1) is 0 Å². The average molecular weight is 393 g/mol. The third kappa shape index (κ3) is 4.29. The minimum absolute atomic E-state index is 0.0118. The number of benzene rings is 1. The van der Waals surface area contributed by atoms with Crippen molar-refractivity contribution in [1.82, 2.24) is 9.97 Å². The van der Waals surface area contributed by atoms with Gasteiger partial charge in [-0.3, -0.25) is 4.79 Å². The minimum atomic E-state index is 0.0118. The van der Waals surface area contributed by atoms with Crippen LogP contribution >= 0.6 is 0 Å². The summed E-state index contributed by atoms with van der Waals surface area (Å²) in [6.07, 6.45) is 9.22. The zero-order valence-electron chi connectivity index (χ0n) is 17.7. The van der Waals surface area contributed by atoms with Crippen LogP contribution in [0, 0.1) is 5.92 Å². The minimum Gasteiger partial charge on any atom is -0.341 e. The Bertz CT molecular complexity index is 842. The number of piperidine rings is 1. The second-order valence-electron chi connectivity index (χ2n) is 8.23. The van der Waals surface area contributed by atoms with Crippen molar-refractivity contribution in [2.45, 2.75) is 58.8 Å². The van der Waals surface area contributed by atoms with Crippen molar-refractivity contribution >= 4 is 17.5 Å². The molecule has 1 atom stereocenters. The van der Waals surface area contributed by atoms with Crippen molar-refractivity contribution in [3.05, 3.63) is 47.3 Å². The summed E-state index contributed by atoms with van der Waals surface area (Å²) in [5, 5.41) is 0. The fourth-order valence-electron chi connectivity index (χ4n) is 4.55. The van der Waals surface area contributed by atoms with Gasteiger partial charge in [0.1, 0.15) is 0 Å². The topological polar surface area (TPSA) is 49.3 Å². The Kier molecular flexibility index (Phi) is 6.12. The number of nitrogens with zero attached hydrogens (tertiary/aromatic N) is 4. The highest BCUT2D eigenvalue weighted by Gasteiger charge is 2.30. The smallest absolute Gasteiger partial charge is 0.230 e. The van der Waals surface area contributed by atoms with Crippen LogP contribution in [0.2, 0.25) is 0 Å². The zero-order valence-corrected chi connectivity index (χ0v) is 17.7. The number of carbonyl (C=O) groups excluding carboxylic acids is 1. The van der Waals surface area contributed by atoms with Crippen LogP contribution in [0.4, 0.5) is 11.6 Å². The van der Waals surface area contributed by atoms with Gasteiger partial charge >= 0.3 is 0 Å². The Hall–Kier alpha value is -2.43. The summed E-state index contributed by atoms with van der Waals surface area (Å²) in [5.41, 5.74) is 4.58. The van der Waals surface area contributed by atoms with Crippen LogP contribution in [-0.2, 0) is 24.1 Å². The number of aryl methyl sites for hydroxylation is 2. The number of hydrogen-bond acceptors (Lipinski definition) is 4. The SMILES string of the molecule is CCc1ccc(N(CC)C(=O)[C@@H]2CCc3nc(N4CCCCC4)ncc3C2)cc1. The first-order valence-electron chi connectivity index (χ1n) is 11.2. The second-order valence-corrected chi connectivity index (χ2v) is 8.23. The van der Waals surface area contributed by atoms with Crippen molar-refractivity contribution in [2.24, 2.45) is 5.92 Å². The van der Waals surface area contributed by atoms with Crippen LogP contribution in [0.5, 0.6) is 0 Å². The van der Waals surface area contributed by atoms with Gasteiger partial charge in [0.05, 0.1) is 0 Å². The molecule has 1 aromatic heterocycles. The van der Waals surface area contributed by atoms with E-state index in [9.17, 15) is 4.79 Å². The summed E-state index contributed by atoms with van der Waals surface area (Å²) in [5.74, 6) is 1.11. The fourth-order valence-corrected chi connectivity index (χ4v) is 4.55. The van der Waals surface area contributed by atoms with E-state index >= 15 is 0 Å². The predicted octanol–water partition coefficient (Wildman–Crippen LogP) is 4.19. The summed E-state index contributed by atoms with van der Waals surface area (Å²) < 4.78 is 0. The molecule has 0 spiro atoms. The highest BCUT2D eigenvalue weighted by Crippen LogP contribution is 2.29. The lowest BCUT2D eigenvalue weighted by Gasteiger charge is -2.31. The molecule has 1 amide bonds. The molecule has 1 aliphatic heterocycles. The maximum atomic E-state index is 13.3. The van der Waals surface area contributed by atoms with Gasteiger partial charge < -0.3 is 9.80 Å². The Labute approximate surface area is 174 Å². The molecule has 1 saturated heterocycles. The molecule has 2 heterocycles. The first-order valence-corrected chi connectivity index (χ1v) is 11.2.